The smallest absolute Gasteiger partial charge is 0.119 e. The molecule has 0 aliphatic rings. The van der Waals surface area contributed by atoms with Gasteiger partial charge in [0.05, 0.1) is 0 Å². The molecular weight excluding hydrogens is 258 g/mol. The summed E-state index contributed by atoms with van der Waals surface area (Å²) in [7, 11) is 0. The second-order valence-corrected chi connectivity index (χ2v) is 5.56. The average molecular weight is 279 g/mol. The number of aromatic nitrogens is 1. The highest BCUT2D eigenvalue weighted by atomic mass is 16.5. The molecule has 0 saturated carbocycles. The van der Waals surface area contributed by atoms with Crippen LogP contribution in [-0.2, 0) is 13.2 Å². The minimum Gasteiger partial charge on any atom is -0.489 e. The van der Waals surface area contributed by atoms with Crippen LogP contribution < -0.4 is 4.74 Å². The van der Waals surface area contributed by atoms with E-state index in [2.05, 4.69) is 61.9 Å². The van der Waals surface area contributed by atoms with Crippen LogP contribution in [0.3, 0.4) is 0 Å². The zero-order valence-corrected chi connectivity index (χ0v) is 12.9. The molecule has 0 bridgehead atoms. The first-order valence-corrected chi connectivity index (χ1v) is 7.45. The first-order chi connectivity index (χ1) is 10.2. The molecule has 0 unspecified atom stereocenters. The standard InChI is InChI=1S/C19H21NO/c1-4-20-12-16(18-10-7-15(3)11-19(18)20)13-21-17-8-5-14(2)6-9-17/h5-12H,4,13H2,1-3H3. The first kappa shape index (κ1) is 13.7. The Kier molecular flexibility index (Phi) is 3.70. The summed E-state index contributed by atoms with van der Waals surface area (Å²) in [6, 6.07) is 14.8. The van der Waals surface area contributed by atoms with Gasteiger partial charge < -0.3 is 9.30 Å². The van der Waals surface area contributed by atoms with Gasteiger partial charge in [-0.15, -0.1) is 0 Å². The van der Waals surface area contributed by atoms with Gasteiger partial charge in [-0.05, 0) is 44.5 Å². The van der Waals surface area contributed by atoms with E-state index < -0.39 is 0 Å². The van der Waals surface area contributed by atoms with Crippen molar-refractivity contribution in [3.63, 3.8) is 0 Å². The lowest BCUT2D eigenvalue weighted by Crippen LogP contribution is -1.95. The van der Waals surface area contributed by atoms with Crippen LogP contribution >= 0.6 is 0 Å². The van der Waals surface area contributed by atoms with Gasteiger partial charge in [-0.2, -0.15) is 0 Å². The monoisotopic (exact) mass is 279 g/mol. The van der Waals surface area contributed by atoms with Crippen molar-refractivity contribution in [2.24, 2.45) is 0 Å². The van der Waals surface area contributed by atoms with E-state index in [1.165, 1.54) is 27.6 Å². The lowest BCUT2D eigenvalue weighted by Gasteiger charge is -2.05. The molecule has 0 N–H and O–H groups in total. The molecule has 1 aromatic heterocycles. The fourth-order valence-electron chi connectivity index (χ4n) is 2.65. The zero-order valence-electron chi connectivity index (χ0n) is 12.9. The summed E-state index contributed by atoms with van der Waals surface area (Å²) >= 11 is 0. The molecule has 1 heterocycles. The Labute approximate surface area is 126 Å². The third kappa shape index (κ3) is 2.80. The number of hydrogen-bond acceptors (Lipinski definition) is 1. The van der Waals surface area contributed by atoms with E-state index in [1.807, 2.05) is 12.1 Å². The second kappa shape index (κ2) is 5.65. The molecule has 2 aromatic carbocycles. The van der Waals surface area contributed by atoms with Crippen molar-refractivity contribution in [2.45, 2.75) is 33.9 Å². The first-order valence-electron chi connectivity index (χ1n) is 7.45. The van der Waals surface area contributed by atoms with Crippen LogP contribution in [0.15, 0.2) is 48.7 Å². The van der Waals surface area contributed by atoms with Crippen molar-refractivity contribution in [3.8, 4) is 5.75 Å². The average Bonchev–Trinajstić information content (AvgIpc) is 2.84. The van der Waals surface area contributed by atoms with Crippen LogP contribution in [0.4, 0.5) is 0 Å². The Morgan fingerprint density at radius 1 is 0.952 bits per heavy atom. The van der Waals surface area contributed by atoms with Crippen molar-refractivity contribution in [3.05, 3.63) is 65.4 Å². The molecule has 3 aromatic rings. The van der Waals surface area contributed by atoms with E-state index in [9.17, 15) is 0 Å². The van der Waals surface area contributed by atoms with Crippen LogP contribution in [0.5, 0.6) is 5.75 Å². The molecule has 2 heteroatoms. The van der Waals surface area contributed by atoms with Gasteiger partial charge in [0.1, 0.15) is 12.4 Å². The predicted molar refractivity (Wildman–Crippen MR) is 87.9 cm³/mol. The summed E-state index contributed by atoms with van der Waals surface area (Å²) in [6.45, 7) is 7.97. The third-order valence-electron chi connectivity index (χ3n) is 3.88. The van der Waals surface area contributed by atoms with Gasteiger partial charge >= 0.3 is 0 Å². The molecule has 0 radical (unpaired) electrons. The Hall–Kier alpha value is -2.22. The second-order valence-electron chi connectivity index (χ2n) is 5.56. The minimum absolute atomic E-state index is 0.607. The SMILES string of the molecule is CCn1cc(COc2ccc(C)cc2)c2ccc(C)cc21. The van der Waals surface area contributed by atoms with Crippen LogP contribution in [0.2, 0.25) is 0 Å². The molecule has 2 nitrogen and oxygen atoms in total. The van der Waals surface area contributed by atoms with Gasteiger partial charge in [0, 0.05) is 29.2 Å². The number of fused-ring (bicyclic) bond motifs is 1. The molecule has 0 fully saturated rings. The van der Waals surface area contributed by atoms with Crippen molar-refractivity contribution in [1.29, 1.82) is 0 Å². The Balaban J connectivity index is 1.88. The molecule has 3 rings (SSSR count). The minimum atomic E-state index is 0.607. The normalized spacial score (nSPS) is 11.0. The highest BCUT2D eigenvalue weighted by Crippen LogP contribution is 2.24. The summed E-state index contributed by atoms with van der Waals surface area (Å²) in [4.78, 5) is 0. The summed E-state index contributed by atoms with van der Waals surface area (Å²) in [5.41, 5.74) is 5.08. The van der Waals surface area contributed by atoms with E-state index in [4.69, 9.17) is 4.74 Å². The van der Waals surface area contributed by atoms with Crippen molar-refractivity contribution in [2.75, 3.05) is 0 Å². The van der Waals surface area contributed by atoms with E-state index in [-0.39, 0.29) is 0 Å². The molecule has 108 valence electrons. The highest BCUT2D eigenvalue weighted by molar-refractivity contribution is 5.84. The number of benzene rings is 2. The third-order valence-corrected chi connectivity index (χ3v) is 3.88. The molecule has 21 heavy (non-hydrogen) atoms. The highest BCUT2D eigenvalue weighted by Gasteiger charge is 2.08. The lowest BCUT2D eigenvalue weighted by molar-refractivity contribution is 0.307. The number of aryl methyl sites for hydroxylation is 3. The molecule has 0 aliphatic heterocycles. The van der Waals surface area contributed by atoms with Gasteiger partial charge in [0.2, 0.25) is 0 Å². The number of hydrogen-bond donors (Lipinski definition) is 0. The van der Waals surface area contributed by atoms with Crippen LogP contribution in [0.1, 0.15) is 23.6 Å². The summed E-state index contributed by atoms with van der Waals surface area (Å²) in [5, 5.41) is 1.29. The van der Waals surface area contributed by atoms with Crippen LogP contribution in [0, 0.1) is 13.8 Å². The van der Waals surface area contributed by atoms with Crippen molar-refractivity contribution >= 4 is 10.9 Å². The Morgan fingerprint density at radius 3 is 2.38 bits per heavy atom. The van der Waals surface area contributed by atoms with Gasteiger partial charge in [-0.25, -0.2) is 0 Å². The maximum absolute atomic E-state index is 5.93. The fourth-order valence-corrected chi connectivity index (χ4v) is 2.65. The van der Waals surface area contributed by atoms with E-state index in [0.717, 1.165) is 12.3 Å². The van der Waals surface area contributed by atoms with Crippen molar-refractivity contribution < 1.29 is 4.74 Å². The Bertz CT molecular complexity index is 753. The number of nitrogens with zero attached hydrogens (tertiary/aromatic N) is 1. The fraction of sp³-hybridized carbons (Fsp3) is 0.263. The summed E-state index contributed by atoms with van der Waals surface area (Å²) < 4.78 is 8.22. The molecule has 0 aliphatic carbocycles. The molecule has 0 spiro atoms. The molecule has 0 saturated heterocycles. The van der Waals surface area contributed by atoms with Gasteiger partial charge in [0.25, 0.3) is 0 Å². The topological polar surface area (TPSA) is 14.2 Å². The maximum Gasteiger partial charge on any atom is 0.119 e. The summed E-state index contributed by atoms with van der Waals surface area (Å²) in [5.74, 6) is 0.921. The molecule has 0 atom stereocenters. The van der Waals surface area contributed by atoms with E-state index in [0.29, 0.717) is 6.61 Å². The zero-order chi connectivity index (χ0) is 14.8. The number of rotatable bonds is 4. The van der Waals surface area contributed by atoms with Gasteiger partial charge in [-0.1, -0.05) is 29.8 Å². The predicted octanol–water partition coefficient (Wildman–Crippen LogP) is 4.86. The maximum atomic E-state index is 5.93. The van der Waals surface area contributed by atoms with Gasteiger partial charge in [-0.3, -0.25) is 0 Å². The number of ether oxygens (including phenoxy) is 1. The van der Waals surface area contributed by atoms with E-state index in [1.54, 1.807) is 0 Å². The largest absolute Gasteiger partial charge is 0.489 e. The van der Waals surface area contributed by atoms with Gasteiger partial charge in [0.15, 0.2) is 0 Å². The van der Waals surface area contributed by atoms with Crippen molar-refractivity contribution in [1.82, 2.24) is 4.57 Å². The van der Waals surface area contributed by atoms with Crippen LogP contribution in [-0.4, -0.2) is 4.57 Å². The quantitative estimate of drug-likeness (QED) is 0.665. The molecule has 0 amide bonds. The Morgan fingerprint density at radius 2 is 1.67 bits per heavy atom. The molecular formula is C19H21NO. The summed E-state index contributed by atoms with van der Waals surface area (Å²) in [6.07, 6.45) is 2.21. The van der Waals surface area contributed by atoms with E-state index >= 15 is 0 Å². The van der Waals surface area contributed by atoms with Crippen LogP contribution in [0.25, 0.3) is 10.9 Å². The lowest BCUT2D eigenvalue weighted by atomic mass is 10.1.